The number of aryl methyl sites for hydroxylation is 1. The van der Waals surface area contributed by atoms with E-state index in [2.05, 4.69) is 6.07 Å². The van der Waals surface area contributed by atoms with E-state index >= 15 is 0 Å². The van der Waals surface area contributed by atoms with Gasteiger partial charge in [0.05, 0.1) is 25.2 Å². The minimum atomic E-state index is -0.128. The van der Waals surface area contributed by atoms with E-state index in [1.165, 1.54) is 0 Å². The van der Waals surface area contributed by atoms with Gasteiger partial charge in [-0.2, -0.15) is 5.26 Å². The first-order chi connectivity index (χ1) is 10.7. The summed E-state index contributed by atoms with van der Waals surface area (Å²) in [5, 5.41) is 8.77. The number of rotatable bonds is 7. The Hall–Kier alpha value is -1.90. The molecule has 0 spiro atoms. The van der Waals surface area contributed by atoms with E-state index in [1.807, 2.05) is 31.2 Å². The first-order valence-electron chi connectivity index (χ1n) is 7.64. The van der Waals surface area contributed by atoms with Gasteiger partial charge in [0, 0.05) is 18.8 Å². The van der Waals surface area contributed by atoms with Gasteiger partial charge in [-0.05, 0) is 31.9 Å². The number of hydrogen-bond donors (Lipinski definition) is 0. The Bertz CT molecular complexity index is 516. The molecule has 1 aliphatic rings. The number of carbonyl (C=O) groups excluding carboxylic acids is 1. The number of benzene rings is 1. The Balaban J connectivity index is 1.90. The third-order valence-corrected chi connectivity index (χ3v) is 3.65. The fourth-order valence-corrected chi connectivity index (χ4v) is 2.42. The highest BCUT2D eigenvalue weighted by atomic mass is 16.5. The van der Waals surface area contributed by atoms with Gasteiger partial charge in [0.25, 0.3) is 5.91 Å². The Labute approximate surface area is 131 Å². The van der Waals surface area contributed by atoms with Crippen molar-refractivity contribution < 1.29 is 14.3 Å². The molecule has 1 aliphatic heterocycles. The maximum absolute atomic E-state index is 12.4. The Kier molecular flexibility index (Phi) is 6.38. The molecule has 0 aromatic heterocycles. The maximum atomic E-state index is 12.4. The first kappa shape index (κ1) is 16.5. The molecule has 1 aromatic rings. The van der Waals surface area contributed by atoms with Crippen LogP contribution in [0, 0.1) is 18.3 Å². The van der Waals surface area contributed by atoms with Crippen LogP contribution >= 0.6 is 0 Å². The van der Waals surface area contributed by atoms with Crippen LogP contribution in [0.1, 0.15) is 24.8 Å². The van der Waals surface area contributed by atoms with E-state index in [-0.39, 0.29) is 18.6 Å². The Morgan fingerprint density at radius 1 is 1.45 bits per heavy atom. The van der Waals surface area contributed by atoms with Crippen LogP contribution in [0.2, 0.25) is 0 Å². The van der Waals surface area contributed by atoms with E-state index in [0.29, 0.717) is 19.6 Å². The van der Waals surface area contributed by atoms with Crippen molar-refractivity contribution in [3.8, 4) is 6.07 Å². The topological polar surface area (TPSA) is 62.6 Å². The lowest BCUT2D eigenvalue weighted by molar-refractivity contribution is -0.124. The zero-order valence-electron chi connectivity index (χ0n) is 13.0. The van der Waals surface area contributed by atoms with Crippen LogP contribution in [0.25, 0.3) is 0 Å². The summed E-state index contributed by atoms with van der Waals surface area (Å²) in [6.45, 7) is 3.61. The van der Waals surface area contributed by atoms with E-state index in [9.17, 15) is 4.79 Å². The molecule has 1 amide bonds. The van der Waals surface area contributed by atoms with Crippen molar-refractivity contribution in [2.75, 3.05) is 31.3 Å². The molecule has 0 radical (unpaired) electrons. The summed E-state index contributed by atoms with van der Waals surface area (Å²) in [4.78, 5) is 14.0. The molecular weight excluding hydrogens is 280 g/mol. The molecule has 0 N–H and O–H groups in total. The molecular formula is C17H22N2O3. The van der Waals surface area contributed by atoms with Crippen molar-refractivity contribution in [2.45, 2.75) is 32.3 Å². The zero-order valence-corrected chi connectivity index (χ0v) is 13.0. The molecule has 1 aromatic carbocycles. The van der Waals surface area contributed by atoms with Crippen LogP contribution in [0.4, 0.5) is 5.69 Å². The Morgan fingerprint density at radius 2 is 2.23 bits per heavy atom. The van der Waals surface area contributed by atoms with Crippen molar-refractivity contribution in [3.63, 3.8) is 0 Å². The van der Waals surface area contributed by atoms with Gasteiger partial charge in [0.1, 0.15) is 6.61 Å². The molecule has 5 heteroatoms. The van der Waals surface area contributed by atoms with Gasteiger partial charge in [0.15, 0.2) is 0 Å². The van der Waals surface area contributed by atoms with Crippen LogP contribution in [0.5, 0.6) is 0 Å². The highest BCUT2D eigenvalue weighted by Crippen LogP contribution is 2.16. The van der Waals surface area contributed by atoms with Gasteiger partial charge >= 0.3 is 0 Å². The number of anilines is 1. The lowest BCUT2D eigenvalue weighted by atomic mass is 10.2. The van der Waals surface area contributed by atoms with E-state index in [4.69, 9.17) is 14.7 Å². The SMILES string of the molecule is Cc1ccc(N(CCC#N)C(=O)COCC2CCCO2)cc1. The van der Waals surface area contributed by atoms with E-state index in [0.717, 1.165) is 30.7 Å². The normalized spacial score (nSPS) is 17.2. The monoisotopic (exact) mass is 302 g/mol. The van der Waals surface area contributed by atoms with Crippen molar-refractivity contribution in [1.82, 2.24) is 0 Å². The molecule has 1 fully saturated rings. The predicted octanol–water partition coefficient (Wildman–Crippen LogP) is 2.44. The molecule has 118 valence electrons. The molecule has 1 unspecified atom stereocenters. The number of carbonyl (C=O) groups is 1. The smallest absolute Gasteiger partial charge is 0.253 e. The number of ether oxygens (including phenoxy) is 2. The minimum Gasteiger partial charge on any atom is -0.376 e. The molecule has 0 saturated carbocycles. The average Bonchev–Trinajstić information content (AvgIpc) is 3.03. The van der Waals surface area contributed by atoms with Crippen molar-refractivity contribution >= 4 is 11.6 Å². The van der Waals surface area contributed by atoms with Crippen LogP contribution < -0.4 is 4.90 Å². The molecule has 1 heterocycles. The van der Waals surface area contributed by atoms with Gasteiger partial charge < -0.3 is 14.4 Å². The first-order valence-corrected chi connectivity index (χ1v) is 7.64. The second-order valence-electron chi connectivity index (χ2n) is 5.44. The standard InChI is InChI=1S/C17H22N2O3/c1-14-5-7-15(8-6-14)19(10-3-9-18)17(20)13-21-12-16-4-2-11-22-16/h5-8,16H,2-4,10-13H2,1H3. The number of nitriles is 1. The third kappa shape index (κ3) is 4.83. The molecule has 1 atom stereocenters. The number of hydrogen-bond acceptors (Lipinski definition) is 4. The summed E-state index contributed by atoms with van der Waals surface area (Å²) >= 11 is 0. The summed E-state index contributed by atoms with van der Waals surface area (Å²) in [6, 6.07) is 9.77. The highest BCUT2D eigenvalue weighted by Gasteiger charge is 2.19. The maximum Gasteiger partial charge on any atom is 0.253 e. The molecule has 2 rings (SSSR count). The lowest BCUT2D eigenvalue weighted by Crippen LogP contribution is -2.35. The summed E-state index contributed by atoms with van der Waals surface area (Å²) in [6.07, 6.45) is 2.45. The van der Waals surface area contributed by atoms with Crippen LogP contribution in [0.3, 0.4) is 0 Å². The Morgan fingerprint density at radius 3 is 2.86 bits per heavy atom. The van der Waals surface area contributed by atoms with Crippen LogP contribution in [0.15, 0.2) is 24.3 Å². The summed E-state index contributed by atoms with van der Waals surface area (Å²) in [5.74, 6) is -0.128. The number of nitrogens with zero attached hydrogens (tertiary/aromatic N) is 2. The summed E-state index contributed by atoms with van der Waals surface area (Å²) in [7, 11) is 0. The van der Waals surface area contributed by atoms with Crippen molar-refractivity contribution in [2.24, 2.45) is 0 Å². The quantitative estimate of drug-likeness (QED) is 0.776. The van der Waals surface area contributed by atoms with Gasteiger partial charge in [0.2, 0.25) is 0 Å². The molecule has 0 aliphatic carbocycles. The largest absolute Gasteiger partial charge is 0.376 e. The average molecular weight is 302 g/mol. The second kappa shape index (κ2) is 8.52. The second-order valence-corrected chi connectivity index (χ2v) is 5.44. The molecule has 5 nitrogen and oxygen atoms in total. The highest BCUT2D eigenvalue weighted by molar-refractivity contribution is 5.94. The molecule has 0 bridgehead atoms. The van der Waals surface area contributed by atoms with Gasteiger partial charge in [-0.1, -0.05) is 17.7 Å². The fraction of sp³-hybridized carbons (Fsp3) is 0.529. The fourth-order valence-electron chi connectivity index (χ4n) is 2.42. The zero-order chi connectivity index (χ0) is 15.8. The van der Waals surface area contributed by atoms with Gasteiger partial charge in [-0.25, -0.2) is 0 Å². The van der Waals surface area contributed by atoms with Crippen molar-refractivity contribution in [3.05, 3.63) is 29.8 Å². The van der Waals surface area contributed by atoms with Gasteiger partial charge in [-0.3, -0.25) is 4.79 Å². The number of amides is 1. The summed E-state index contributed by atoms with van der Waals surface area (Å²) < 4.78 is 11.0. The van der Waals surface area contributed by atoms with Crippen molar-refractivity contribution in [1.29, 1.82) is 5.26 Å². The van der Waals surface area contributed by atoms with Crippen LogP contribution in [-0.2, 0) is 14.3 Å². The van der Waals surface area contributed by atoms with Gasteiger partial charge in [-0.15, -0.1) is 0 Å². The lowest BCUT2D eigenvalue weighted by Gasteiger charge is -2.22. The van der Waals surface area contributed by atoms with Crippen LogP contribution in [-0.4, -0.2) is 38.4 Å². The van der Waals surface area contributed by atoms with E-state index in [1.54, 1.807) is 4.90 Å². The minimum absolute atomic E-state index is 0.0131. The third-order valence-electron chi connectivity index (χ3n) is 3.65. The molecule has 1 saturated heterocycles. The summed E-state index contributed by atoms with van der Waals surface area (Å²) in [5.41, 5.74) is 1.93. The molecule has 22 heavy (non-hydrogen) atoms. The van der Waals surface area contributed by atoms with E-state index < -0.39 is 0 Å². The predicted molar refractivity (Wildman–Crippen MR) is 83.6 cm³/mol.